The van der Waals surface area contributed by atoms with E-state index in [1.807, 2.05) is 60.7 Å². The molecule has 0 amide bonds. The first kappa shape index (κ1) is 21.7. The molecule has 36 heavy (non-hydrogen) atoms. The molecular weight excluding hydrogens is 440 g/mol. The van der Waals surface area contributed by atoms with Crippen LogP contribution in [-0.2, 0) is 0 Å². The Morgan fingerprint density at radius 2 is 0.861 bits per heavy atom. The van der Waals surface area contributed by atoms with Crippen molar-refractivity contribution in [2.75, 3.05) is 11.9 Å². The lowest BCUT2D eigenvalue weighted by molar-refractivity contribution is 1.07. The molecule has 0 aliphatic rings. The van der Waals surface area contributed by atoms with E-state index in [1.165, 1.54) is 10.8 Å². The lowest BCUT2D eigenvalue weighted by Crippen LogP contribution is -2.09. The third-order valence-electron chi connectivity index (χ3n) is 6.33. The van der Waals surface area contributed by atoms with Gasteiger partial charge in [0.2, 0.25) is 0 Å². The highest BCUT2D eigenvalue weighted by Crippen LogP contribution is 2.30. The predicted octanol–water partition coefficient (Wildman–Crippen LogP) is 7.79. The number of hydrogen-bond acceptors (Lipinski definition) is 4. The van der Waals surface area contributed by atoms with Crippen molar-refractivity contribution in [2.24, 2.45) is 0 Å². The molecule has 0 unspecified atom stereocenters. The Balaban J connectivity index is 1.37. The van der Waals surface area contributed by atoms with E-state index in [0.29, 0.717) is 17.5 Å². The summed E-state index contributed by atoms with van der Waals surface area (Å²) in [7, 11) is 2.09. The summed E-state index contributed by atoms with van der Waals surface area (Å²) in [5.41, 5.74) is 5.10. The first-order valence-corrected chi connectivity index (χ1v) is 11.9. The first-order valence-electron chi connectivity index (χ1n) is 11.9. The summed E-state index contributed by atoms with van der Waals surface area (Å²) < 4.78 is 0. The van der Waals surface area contributed by atoms with Crippen LogP contribution in [-0.4, -0.2) is 22.0 Å². The van der Waals surface area contributed by atoms with Crippen molar-refractivity contribution < 1.29 is 0 Å². The molecule has 0 bridgehead atoms. The molecule has 0 atom stereocenters. The lowest BCUT2D eigenvalue weighted by atomic mass is 10.1. The topological polar surface area (TPSA) is 41.9 Å². The van der Waals surface area contributed by atoms with Crippen LogP contribution in [0.15, 0.2) is 127 Å². The molecule has 0 radical (unpaired) electrons. The SMILES string of the molecule is CN(c1ccc(-c2nc(-c3ccccc3)nc(-c3ccccc3)n2)cc1)c1ccc2ccccc2c1. The third-order valence-corrected chi connectivity index (χ3v) is 6.33. The Kier molecular flexibility index (Phi) is 5.68. The van der Waals surface area contributed by atoms with Gasteiger partial charge in [0, 0.05) is 35.1 Å². The average molecular weight is 465 g/mol. The highest BCUT2D eigenvalue weighted by atomic mass is 15.1. The molecule has 5 aromatic carbocycles. The minimum atomic E-state index is 0.655. The van der Waals surface area contributed by atoms with Gasteiger partial charge in [-0.1, -0.05) is 91.0 Å². The van der Waals surface area contributed by atoms with Gasteiger partial charge in [0.15, 0.2) is 17.5 Å². The summed E-state index contributed by atoms with van der Waals surface area (Å²) in [6, 6.07) is 43.4. The summed E-state index contributed by atoms with van der Waals surface area (Å²) >= 11 is 0. The maximum Gasteiger partial charge on any atom is 0.164 e. The zero-order valence-electron chi connectivity index (χ0n) is 19.9. The number of nitrogens with zero attached hydrogens (tertiary/aromatic N) is 4. The predicted molar refractivity (Wildman–Crippen MR) is 148 cm³/mol. The quantitative estimate of drug-likeness (QED) is 0.261. The van der Waals surface area contributed by atoms with Gasteiger partial charge in [0.05, 0.1) is 0 Å². The summed E-state index contributed by atoms with van der Waals surface area (Å²) in [4.78, 5) is 16.6. The highest BCUT2D eigenvalue weighted by Gasteiger charge is 2.13. The fourth-order valence-electron chi connectivity index (χ4n) is 4.31. The van der Waals surface area contributed by atoms with E-state index < -0.39 is 0 Å². The van der Waals surface area contributed by atoms with Crippen LogP contribution in [0.4, 0.5) is 11.4 Å². The Morgan fingerprint density at radius 3 is 1.42 bits per heavy atom. The number of fused-ring (bicyclic) bond motifs is 1. The molecule has 6 rings (SSSR count). The Bertz CT molecular complexity index is 1570. The van der Waals surface area contributed by atoms with Crippen LogP contribution >= 0.6 is 0 Å². The van der Waals surface area contributed by atoms with E-state index in [2.05, 4.69) is 78.7 Å². The van der Waals surface area contributed by atoms with Crippen LogP contribution in [0.5, 0.6) is 0 Å². The normalized spacial score (nSPS) is 10.9. The van der Waals surface area contributed by atoms with Gasteiger partial charge in [-0.15, -0.1) is 0 Å². The fraction of sp³-hybridized carbons (Fsp3) is 0.0312. The second kappa shape index (κ2) is 9.43. The summed E-state index contributed by atoms with van der Waals surface area (Å²) in [6.07, 6.45) is 0. The summed E-state index contributed by atoms with van der Waals surface area (Å²) in [6.45, 7) is 0. The van der Waals surface area contributed by atoms with Gasteiger partial charge in [-0.25, -0.2) is 15.0 Å². The minimum Gasteiger partial charge on any atom is -0.345 e. The van der Waals surface area contributed by atoms with E-state index in [0.717, 1.165) is 28.1 Å². The maximum atomic E-state index is 4.83. The van der Waals surface area contributed by atoms with Gasteiger partial charge in [0.25, 0.3) is 0 Å². The average Bonchev–Trinajstić information content (AvgIpc) is 2.97. The van der Waals surface area contributed by atoms with Crippen molar-refractivity contribution in [1.82, 2.24) is 15.0 Å². The molecule has 1 aromatic heterocycles. The molecule has 0 spiro atoms. The van der Waals surface area contributed by atoms with Gasteiger partial charge >= 0.3 is 0 Å². The van der Waals surface area contributed by atoms with E-state index in [1.54, 1.807) is 0 Å². The Morgan fingerprint density at radius 1 is 0.417 bits per heavy atom. The van der Waals surface area contributed by atoms with E-state index in [-0.39, 0.29) is 0 Å². The molecule has 0 N–H and O–H groups in total. The van der Waals surface area contributed by atoms with E-state index in [4.69, 9.17) is 15.0 Å². The second-order valence-electron chi connectivity index (χ2n) is 8.68. The van der Waals surface area contributed by atoms with Gasteiger partial charge in [-0.3, -0.25) is 0 Å². The molecule has 4 heteroatoms. The molecule has 6 aromatic rings. The van der Waals surface area contributed by atoms with Gasteiger partial charge in [0.1, 0.15) is 0 Å². The molecule has 0 saturated carbocycles. The molecule has 4 nitrogen and oxygen atoms in total. The van der Waals surface area contributed by atoms with Gasteiger partial charge in [-0.2, -0.15) is 0 Å². The minimum absolute atomic E-state index is 0.655. The number of anilines is 2. The molecule has 0 fully saturated rings. The lowest BCUT2D eigenvalue weighted by Gasteiger charge is -2.20. The van der Waals surface area contributed by atoms with Crippen LogP contribution in [0.1, 0.15) is 0 Å². The fourth-order valence-corrected chi connectivity index (χ4v) is 4.31. The molecule has 1 heterocycles. The number of rotatable bonds is 5. The Hall–Kier alpha value is -4.83. The molecule has 0 aliphatic carbocycles. The third kappa shape index (κ3) is 4.32. The summed E-state index contributed by atoms with van der Waals surface area (Å²) in [5, 5.41) is 2.47. The standard InChI is InChI=1S/C32H24N4/c1-36(29-21-16-23-10-8-9-15-27(23)22-29)28-19-17-26(18-20-28)32-34-30(24-11-4-2-5-12-24)33-31(35-32)25-13-6-3-7-14-25/h2-22H,1H3. The van der Waals surface area contributed by atoms with E-state index in [9.17, 15) is 0 Å². The van der Waals surface area contributed by atoms with Crippen LogP contribution < -0.4 is 4.90 Å². The summed E-state index contributed by atoms with van der Waals surface area (Å²) in [5.74, 6) is 1.98. The van der Waals surface area contributed by atoms with Crippen molar-refractivity contribution in [2.45, 2.75) is 0 Å². The molecule has 0 saturated heterocycles. The number of hydrogen-bond donors (Lipinski definition) is 0. The van der Waals surface area contributed by atoms with Crippen molar-refractivity contribution in [3.05, 3.63) is 127 Å². The Labute approximate surface area is 210 Å². The number of aromatic nitrogens is 3. The van der Waals surface area contributed by atoms with Gasteiger partial charge < -0.3 is 4.90 Å². The highest BCUT2D eigenvalue weighted by molar-refractivity contribution is 5.87. The molecule has 0 aliphatic heterocycles. The van der Waals surface area contributed by atoms with Crippen LogP contribution in [0.2, 0.25) is 0 Å². The first-order chi connectivity index (χ1) is 17.7. The number of benzene rings is 5. The largest absolute Gasteiger partial charge is 0.345 e. The molecular formula is C32H24N4. The second-order valence-corrected chi connectivity index (χ2v) is 8.68. The zero-order chi connectivity index (χ0) is 24.3. The van der Waals surface area contributed by atoms with Crippen molar-refractivity contribution in [3.63, 3.8) is 0 Å². The molecule has 172 valence electrons. The van der Waals surface area contributed by atoms with Crippen LogP contribution in [0, 0.1) is 0 Å². The maximum absolute atomic E-state index is 4.83. The monoisotopic (exact) mass is 464 g/mol. The zero-order valence-corrected chi connectivity index (χ0v) is 19.9. The smallest absolute Gasteiger partial charge is 0.164 e. The van der Waals surface area contributed by atoms with Crippen LogP contribution in [0.3, 0.4) is 0 Å². The van der Waals surface area contributed by atoms with Crippen LogP contribution in [0.25, 0.3) is 44.9 Å². The van der Waals surface area contributed by atoms with Crippen molar-refractivity contribution in [1.29, 1.82) is 0 Å². The van der Waals surface area contributed by atoms with E-state index >= 15 is 0 Å². The van der Waals surface area contributed by atoms with Crippen molar-refractivity contribution >= 4 is 22.1 Å². The van der Waals surface area contributed by atoms with Crippen molar-refractivity contribution in [3.8, 4) is 34.2 Å². The van der Waals surface area contributed by atoms with Gasteiger partial charge in [-0.05, 0) is 47.2 Å².